The van der Waals surface area contributed by atoms with Crippen molar-refractivity contribution in [2.45, 2.75) is 320 Å². The van der Waals surface area contributed by atoms with E-state index in [0.29, 0.717) is 12.8 Å². The number of ether oxygens (including phenoxy) is 3. The van der Waals surface area contributed by atoms with Gasteiger partial charge < -0.3 is 45.1 Å². The van der Waals surface area contributed by atoms with Crippen LogP contribution in [0, 0.1) is 0 Å². The Morgan fingerprint density at radius 2 is 0.935 bits per heavy atom. The molecule has 6 N–H and O–H groups in total. The monoisotopic (exact) mass is 1080 g/mol. The van der Waals surface area contributed by atoms with Gasteiger partial charge in [-0.2, -0.15) is 0 Å². The zero-order valence-corrected chi connectivity index (χ0v) is 49.3. The van der Waals surface area contributed by atoms with Crippen LogP contribution in [0.2, 0.25) is 0 Å². The van der Waals surface area contributed by atoms with E-state index in [0.717, 1.165) is 103 Å². The summed E-state index contributed by atoms with van der Waals surface area (Å²) in [6, 6.07) is -1.03. The van der Waals surface area contributed by atoms with E-state index < -0.39 is 67.4 Å². The van der Waals surface area contributed by atoms with Gasteiger partial charge in [0, 0.05) is 6.42 Å². The first-order chi connectivity index (χ1) is 37.7. The Balaban J connectivity index is 2.68. The number of carbonyl (C=O) groups excluding carboxylic acids is 2. The number of allylic oxidation sites excluding steroid dienone is 11. The van der Waals surface area contributed by atoms with Crippen molar-refractivity contribution in [1.29, 1.82) is 0 Å². The van der Waals surface area contributed by atoms with Crippen molar-refractivity contribution in [2.75, 3.05) is 13.2 Å². The Hall–Kier alpha value is -2.90. The van der Waals surface area contributed by atoms with Crippen molar-refractivity contribution in [3.05, 3.63) is 72.9 Å². The molecule has 0 aromatic rings. The first-order valence-corrected chi connectivity index (χ1v) is 31.7. The normalized spacial score (nSPS) is 19.5. The van der Waals surface area contributed by atoms with E-state index in [1.807, 2.05) is 6.08 Å². The van der Waals surface area contributed by atoms with Crippen LogP contribution in [0.15, 0.2) is 72.9 Å². The topological polar surface area (TPSA) is 175 Å². The highest BCUT2D eigenvalue weighted by atomic mass is 16.7. The van der Waals surface area contributed by atoms with E-state index in [9.17, 15) is 35.1 Å². The maximum absolute atomic E-state index is 13.4. The van der Waals surface area contributed by atoms with E-state index in [4.69, 9.17) is 14.2 Å². The maximum atomic E-state index is 13.4. The molecule has 1 amide bonds. The standard InChI is InChI=1S/C66H117NO10/c1-4-7-10-13-16-19-22-25-27-28-29-30-31-32-33-36-39-42-45-48-51-54-61(71)77-64-63(73)62(72)60(55-68)76-66(64)75-56-57(58(69)52-49-46-43-40-37-34-24-21-18-15-12-9-6-3)67-65(74)59(70)53-50-47-44-41-38-35-26-23-20-17-14-11-8-5-2/h16-17,19-20,23,25-27,29-30,49,52,57-60,62-64,66,68-70,72-73H,4-15,18,21-22,24,28,31-48,50-51,53-56H2,1-3H3,(H,67,74)/b19-16-,20-17+,26-23+,27-25-,30-29-,52-49+. The Morgan fingerprint density at radius 1 is 0.519 bits per heavy atom. The minimum atomic E-state index is -1.62. The van der Waals surface area contributed by atoms with Crippen LogP contribution in [-0.4, -0.2) is 99.6 Å². The Bertz CT molecular complexity index is 1530. The highest BCUT2D eigenvalue weighted by molar-refractivity contribution is 5.80. The van der Waals surface area contributed by atoms with Gasteiger partial charge in [0.05, 0.1) is 25.4 Å². The third-order valence-corrected chi connectivity index (χ3v) is 14.6. The SMILES string of the molecule is CCCCC/C=C\C/C=C\C/C=C\CCCCCCCCCCC(=O)OC1C(OCC(NC(=O)C(O)CCCCCCC/C=C/C=C/CCCCC)C(O)/C=C/CCCCCCCCCCCCC)OC(CO)C(O)C1O. The van der Waals surface area contributed by atoms with Gasteiger partial charge in [0.25, 0.3) is 0 Å². The summed E-state index contributed by atoms with van der Waals surface area (Å²) < 4.78 is 17.6. The lowest BCUT2D eigenvalue weighted by atomic mass is 9.99. The number of hydrogen-bond acceptors (Lipinski definition) is 10. The molecule has 0 spiro atoms. The number of unbranched alkanes of at least 4 members (excludes halogenated alkanes) is 30. The van der Waals surface area contributed by atoms with Crippen LogP contribution >= 0.6 is 0 Å². The second-order valence-corrected chi connectivity index (χ2v) is 21.8. The average molecular weight is 1080 g/mol. The van der Waals surface area contributed by atoms with Crippen LogP contribution in [0.1, 0.15) is 271 Å². The average Bonchev–Trinajstić information content (AvgIpc) is 3.43. The molecule has 77 heavy (non-hydrogen) atoms. The van der Waals surface area contributed by atoms with Crippen LogP contribution in [0.25, 0.3) is 0 Å². The molecule has 0 saturated carbocycles. The summed E-state index contributed by atoms with van der Waals surface area (Å²) in [6.07, 6.45) is 57.8. The van der Waals surface area contributed by atoms with Gasteiger partial charge in [0.1, 0.15) is 24.4 Å². The summed E-state index contributed by atoms with van der Waals surface area (Å²) in [5.41, 5.74) is 0. The summed E-state index contributed by atoms with van der Waals surface area (Å²) in [5, 5.41) is 57.0. The zero-order valence-electron chi connectivity index (χ0n) is 49.3. The molecule has 0 aliphatic carbocycles. The lowest BCUT2D eigenvalue weighted by Crippen LogP contribution is -2.61. The molecule has 8 unspecified atom stereocenters. The highest BCUT2D eigenvalue weighted by Gasteiger charge is 2.47. The number of amides is 1. The minimum Gasteiger partial charge on any atom is -0.454 e. The van der Waals surface area contributed by atoms with Crippen molar-refractivity contribution < 1.29 is 49.3 Å². The summed E-state index contributed by atoms with van der Waals surface area (Å²) >= 11 is 0. The molecule has 1 aliphatic rings. The Kier molecular flexibility index (Phi) is 50.3. The van der Waals surface area contributed by atoms with Gasteiger partial charge in [-0.25, -0.2) is 0 Å². The van der Waals surface area contributed by atoms with E-state index in [1.54, 1.807) is 6.08 Å². The van der Waals surface area contributed by atoms with E-state index in [1.165, 1.54) is 122 Å². The van der Waals surface area contributed by atoms with Gasteiger partial charge >= 0.3 is 5.97 Å². The Morgan fingerprint density at radius 3 is 1.44 bits per heavy atom. The molecule has 1 fully saturated rings. The smallest absolute Gasteiger partial charge is 0.306 e. The molecule has 1 heterocycles. The van der Waals surface area contributed by atoms with Crippen LogP contribution in [0.4, 0.5) is 0 Å². The molecule has 0 aromatic heterocycles. The van der Waals surface area contributed by atoms with Crippen molar-refractivity contribution in [1.82, 2.24) is 5.32 Å². The van der Waals surface area contributed by atoms with E-state index >= 15 is 0 Å². The fraction of sp³-hybridized carbons (Fsp3) is 0.788. The van der Waals surface area contributed by atoms with Crippen molar-refractivity contribution in [3.8, 4) is 0 Å². The van der Waals surface area contributed by atoms with E-state index in [-0.39, 0.29) is 19.4 Å². The largest absolute Gasteiger partial charge is 0.454 e. The first-order valence-electron chi connectivity index (χ1n) is 31.7. The molecule has 446 valence electrons. The van der Waals surface area contributed by atoms with Gasteiger partial charge in [-0.15, -0.1) is 0 Å². The number of esters is 1. The van der Waals surface area contributed by atoms with Crippen LogP contribution in [0.5, 0.6) is 0 Å². The molecular formula is C66H117NO10. The Labute approximate surface area is 471 Å². The summed E-state index contributed by atoms with van der Waals surface area (Å²) in [6.45, 7) is 5.73. The minimum absolute atomic E-state index is 0.112. The molecular weight excluding hydrogens is 967 g/mol. The second kappa shape index (κ2) is 53.7. The molecule has 8 atom stereocenters. The predicted octanol–water partition coefficient (Wildman–Crippen LogP) is 15.2. The lowest BCUT2D eigenvalue weighted by molar-refractivity contribution is -0.305. The fourth-order valence-corrected chi connectivity index (χ4v) is 9.53. The predicted molar refractivity (Wildman–Crippen MR) is 319 cm³/mol. The van der Waals surface area contributed by atoms with Gasteiger partial charge in [-0.1, -0.05) is 248 Å². The second-order valence-electron chi connectivity index (χ2n) is 21.8. The molecule has 1 saturated heterocycles. The molecule has 0 bridgehead atoms. The van der Waals surface area contributed by atoms with Crippen molar-refractivity contribution in [3.63, 3.8) is 0 Å². The third kappa shape index (κ3) is 41.7. The number of aliphatic hydroxyl groups excluding tert-OH is 5. The van der Waals surface area contributed by atoms with Gasteiger partial charge in [-0.3, -0.25) is 9.59 Å². The maximum Gasteiger partial charge on any atom is 0.306 e. The molecule has 1 rings (SSSR count). The van der Waals surface area contributed by atoms with Gasteiger partial charge in [0.15, 0.2) is 12.4 Å². The third-order valence-electron chi connectivity index (χ3n) is 14.6. The quantitative estimate of drug-likeness (QED) is 0.0149. The van der Waals surface area contributed by atoms with Gasteiger partial charge in [0.2, 0.25) is 5.91 Å². The number of aliphatic hydroxyl groups is 5. The van der Waals surface area contributed by atoms with Crippen molar-refractivity contribution >= 4 is 11.9 Å². The first kappa shape index (κ1) is 72.1. The number of hydrogen-bond donors (Lipinski definition) is 6. The summed E-state index contributed by atoms with van der Waals surface area (Å²) in [7, 11) is 0. The zero-order chi connectivity index (χ0) is 56.1. The highest BCUT2D eigenvalue weighted by Crippen LogP contribution is 2.26. The fourth-order valence-electron chi connectivity index (χ4n) is 9.53. The van der Waals surface area contributed by atoms with Crippen LogP contribution in [-0.2, 0) is 23.8 Å². The molecule has 0 aromatic carbocycles. The summed E-state index contributed by atoms with van der Waals surface area (Å²) in [4.78, 5) is 26.6. The lowest BCUT2D eigenvalue weighted by Gasteiger charge is -2.41. The number of carbonyl (C=O) groups is 2. The summed E-state index contributed by atoms with van der Waals surface area (Å²) in [5.74, 6) is -1.21. The molecule has 11 heteroatoms. The van der Waals surface area contributed by atoms with Gasteiger partial charge in [-0.05, 0) is 89.9 Å². The van der Waals surface area contributed by atoms with E-state index in [2.05, 4.69) is 86.8 Å². The van der Waals surface area contributed by atoms with Crippen molar-refractivity contribution in [2.24, 2.45) is 0 Å². The van der Waals surface area contributed by atoms with Crippen LogP contribution < -0.4 is 5.32 Å². The molecule has 1 aliphatic heterocycles. The number of nitrogens with one attached hydrogen (secondary N) is 1. The number of rotatable bonds is 53. The van der Waals surface area contributed by atoms with Crippen LogP contribution in [0.3, 0.4) is 0 Å². The molecule has 11 nitrogen and oxygen atoms in total. The molecule has 0 radical (unpaired) electrons.